The van der Waals surface area contributed by atoms with Crippen molar-refractivity contribution in [2.75, 3.05) is 13.2 Å². The number of rotatable bonds is 13. The molecule has 0 aliphatic carbocycles. The van der Waals surface area contributed by atoms with Crippen molar-refractivity contribution in [3.05, 3.63) is 64.7 Å². The summed E-state index contributed by atoms with van der Waals surface area (Å²) in [6.45, 7) is 3.73. The third-order valence-electron chi connectivity index (χ3n) is 5.91. The van der Waals surface area contributed by atoms with Gasteiger partial charge in [0.2, 0.25) is 11.8 Å². The zero-order valence-electron chi connectivity index (χ0n) is 20.9. The van der Waals surface area contributed by atoms with Crippen LogP contribution >= 0.6 is 0 Å². The largest absolute Gasteiger partial charge is 0.508 e. The van der Waals surface area contributed by atoms with Gasteiger partial charge in [-0.05, 0) is 73.9 Å². The lowest BCUT2D eigenvalue weighted by Gasteiger charge is -2.24. The van der Waals surface area contributed by atoms with Crippen molar-refractivity contribution >= 4 is 17.8 Å². The average molecular weight is 499 g/mol. The Morgan fingerprint density at radius 2 is 1.64 bits per heavy atom. The van der Waals surface area contributed by atoms with Crippen molar-refractivity contribution in [2.45, 2.75) is 57.7 Å². The van der Waals surface area contributed by atoms with Crippen LogP contribution in [0.3, 0.4) is 0 Å². The second-order valence-corrected chi connectivity index (χ2v) is 8.96. The number of carbonyl (C=O) groups is 2. The predicted molar refractivity (Wildman–Crippen MR) is 140 cm³/mol. The Bertz CT molecular complexity index is 1020. The normalized spacial score (nSPS) is 13.3. The van der Waals surface area contributed by atoms with Crippen LogP contribution in [-0.2, 0) is 22.4 Å². The molecule has 0 spiro atoms. The van der Waals surface area contributed by atoms with Crippen LogP contribution in [0.4, 0.5) is 0 Å². The van der Waals surface area contributed by atoms with E-state index in [1.807, 2.05) is 44.2 Å². The molecule has 10 N–H and O–H groups in total. The van der Waals surface area contributed by atoms with Gasteiger partial charge in [-0.15, -0.1) is 0 Å². The second-order valence-electron chi connectivity index (χ2n) is 8.96. The highest BCUT2D eigenvalue weighted by Gasteiger charge is 2.26. The number of aliphatic hydroxyl groups excluding tert-OH is 1. The summed E-state index contributed by atoms with van der Waals surface area (Å²) in [5.74, 6) is -0.803. The molecule has 0 saturated heterocycles. The van der Waals surface area contributed by atoms with E-state index in [-0.39, 0.29) is 31.2 Å². The van der Waals surface area contributed by atoms with Gasteiger partial charge in [0.25, 0.3) is 0 Å². The minimum Gasteiger partial charge on any atom is -0.508 e. The number of guanidine groups is 1. The van der Waals surface area contributed by atoms with Gasteiger partial charge in [0.1, 0.15) is 11.8 Å². The number of aryl methyl sites for hydroxylation is 2. The topological polar surface area (TPSA) is 189 Å². The summed E-state index contributed by atoms with van der Waals surface area (Å²) in [6.07, 6.45) is 1.42. The number of nitrogens with zero attached hydrogens (tertiary/aromatic N) is 1. The summed E-state index contributed by atoms with van der Waals surface area (Å²) in [6, 6.07) is 10.4. The van der Waals surface area contributed by atoms with E-state index in [0.29, 0.717) is 19.4 Å². The van der Waals surface area contributed by atoms with Crippen LogP contribution in [-0.4, -0.2) is 59.3 Å². The van der Waals surface area contributed by atoms with Crippen molar-refractivity contribution in [3.63, 3.8) is 0 Å². The third-order valence-corrected chi connectivity index (χ3v) is 5.91. The maximum atomic E-state index is 13.1. The van der Waals surface area contributed by atoms with E-state index in [4.69, 9.17) is 17.2 Å². The quantitative estimate of drug-likeness (QED) is 0.116. The van der Waals surface area contributed by atoms with Gasteiger partial charge in [0.15, 0.2) is 5.96 Å². The lowest BCUT2D eigenvalue weighted by Crippen LogP contribution is -2.54. The van der Waals surface area contributed by atoms with E-state index in [0.717, 1.165) is 22.3 Å². The number of aliphatic hydroxyl groups is 1. The van der Waals surface area contributed by atoms with E-state index < -0.39 is 29.9 Å². The zero-order chi connectivity index (χ0) is 26.7. The SMILES string of the molecule is Cc1cc(O)cc(C)c1CC(N)C(=O)N[C@H](CCCN=C(N)N)C(=O)N[C@H](CO)Cc1ccccc1. The van der Waals surface area contributed by atoms with Crippen molar-refractivity contribution in [1.82, 2.24) is 10.6 Å². The molecule has 0 fully saturated rings. The molecule has 0 saturated carbocycles. The number of phenolic OH excluding ortho intramolecular Hbond substituents is 1. The molecule has 36 heavy (non-hydrogen) atoms. The van der Waals surface area contributed by atoms with Gasteiger partial charge in [-0.1, -0.05) is 30.3 Å². The first-order chi connectivity index (χ1) is 17.1. The number of nitrogens with two attached hydrogens (primary N) is 3. The summed E-state index contributed by atoms with van der Waals surface area (Å²) in [5, 5.41) is 25.2. The maximum Gasteiger partial charge on any atom is 0.242 e. The highest BCUT2D eigenvalue weighted by atomic mass is 16.3. The van der Waals surface area contributed by atoms with Crippen molar-refractivity contribution in [2.24, 2.45) is 22.2 Å². The van der Waals surface area contributed by atoms with Crippen LogP contribution in [0.25, 0.3) is 0 Å². The number of aromatic hydroxyl groups is 1. The average Bonchev–Trinajstić information content (AvgIpc) is 2.82. The van der Waals surface area contributed by atoms with Crippen molar-refractivity contribution < 1.29 is 19.8 Å². The molecule has 10 heteroatoms. The molecule has 0 radical (unpaired) electrons. The molecule has 10 nitrogen and oxygen atoms in total. The van der Waals surface area contributed by atoms with E-state index in [1.165, 1.54) is 0 Å². The number of carbonyl (C=O) groups excluding carboxylic acids is 2. The van der Waals surface area contributed by atoms with Crippen LogP contribution in [0.5, 0.6) is 5.75 Å². The first-order valence-corrected chi connectivity index (χ1v) is 12.0. The Morgan fingerprint density at radius 1 is 1.00 bits per heavy atom. The first-order valence-electron chi connectivity index (χ1n) is 12.0. The monoisotopic (exact) mass is 498 g/mol. The van der Waals surface area contributed by atoms with Crippen LogP contribution in [0.2, 0.25) is 0 Å². The lowest BCUT2D eigenvalue weighted by atomic mass is 9.95. The van der Waals surface area contributed by atoms with Gasteiger partial charge >= 0.3 is 0 Å². The molecule has 196 valence electrons. The van der Waals surface area contributed by atoms with Gasteiger partial charge < -0.3 is 38.0 Å². The molecule has 1 unspecified atom stereocenters. The first kappa shape index (κ1) is 28.6. The minimum absolute atomic E-state index is 0.0510. The van der Waals surface area contributed by atoms with E-state index in [2.05, 4.69) is 15.6 Å². The Hall–Kier alpha value is -3.63. The Balaban J connectivity index is 2.09. The van der Waals surface area contributed by atoms with Crippen LogP contribution in [0.1, 0.15) is 35.1 Å². The Kier molecular flexibility index (Phi) is 11.2. The van der Waals surface area contributed by atoms with Gasteiger partial charge in [0, 0.05) is 6.54 Å². The van der Waals surface area contributed by atoms with Gasteiger partial charge in [0.05, 0.1) is 18.7 Å². The molecule has 0 heterocycles. The zero-order valence-corrected chi connectivity index (χ0v) is 20.9. The molecule has 2 aromatic carbocycles. The fourth-order valence-electron chi connectivity index (χ4n) is 4.02. The van der Waals surface area contributed by atoms with Crippen LogP contribution < -0.4 is 27.8 Å². The summed E-state index contributed by atoms with van der Waals surface area (Å²) in [4.78, 5) is 30.0. The molecular weight excluding hydrogens is 460 g/mol. The van der Waals surface area contributed by atoms with Gasteiger partial charge in [-0.2, -0.15) is 0 Å². The fourth-order valence-corrected chi connectivity index (χ4v) is 4.02. The molecule has 3 atom stereocenters. The second kappa shape index (κ2) is 14.1. The van der Waals surface area contributed by atoms with E-state index >= 15 is 0 Å². The van der Waals surface area contributed by atoms with Gasteiger partial charge in [-0.25, -0.2) is 0 Å². The third kappa shape index (κ3) is 9.20. The Labute approximate surface area is 212 Å². The van der Waals surface area contributed by atoms with Gasteiger partial charge in [-0.3, -0.25) is 14.6 Å². The molecule has 0 aliphatic rings. The highest BCUT2D eigenvalue weighted by molar-refractivity contribution is 5.90. The minimum atomic E-state index is -0.905. The molecule has 2 aromatic rings. The number of hydrogen-bond donors (Lipinski definition) is 7. The molecule has 2 amide bonds. The predicted octanol–water partition coefficient (Wildman–Crippen LogP) is 0.137. The number of amides is 2. The number of phenols is 1. The molecule has 2 rings (SSSR count). The summed E-state index contributed by atoms with van der Waals surface area (Å²) in [5.41, 5.74) is 20.4. The number of hydrogen-bond acceptors (Lipinski definition) is 6. The maximum absolute atomic E-state index is 13.1. The van der Waals surface area contributed by atoms with Crippen molar-refractivity contribution in [3.8, 4) is 5.75 Å². The summed E-state index contributed by atoms with van der Waals surface area (Å²) >= 11 is 0. The summed E-state index contributed by atoms with van der Waals surface area (Å²) < 4.78 is 0. The van der Waals surface area contributed by atoms with Crippen molar-refractivity contribution in [1.29, 1.82) is 0 Å². The fraction of sp³-hybridized carbons (Fsp3) is 0.423. The molecular formula is C26H38N6O4. The number of nitrogens with one attached hydrogen (secondary N) is 2. The Morgan fingerprint density at radius 3 is 2.22 bits per heavy atom. The molecule has 0 aromatic heterocycles. The van der Waals surface area contributed by atoms with Crippen LogP contribution in [0, 0.1) is 13.8 Å². The molecule has 0 aliphatic heterocycles. The number of aliphatic imine (C=N–C) groups is 1. The number of benzene rings is 2. The smallest absolute Gasteiger partial charge is 0.242 e. The summed E-state index contributed by atoms with van der Waals surface area (Å²) in [7, 11) is 0. The lowest BCUT2D eigenvalue weighted by molar-refractivity contribution is -0.130. The standard InChI is InChI=1S/C26H38N6O4/c1-16-11-20(34)12-17(2)21(16)14-22(27)24(35)32-23(9-6-10-30-26(28)29)25(36)31-19(15-33)13-18-7-4-3-5-8-18/h3-5,7-8,11-12,19,22-23,33-34H,6,9-10,13-15,27H2,1-2H3,(H,31,36)(H,32,35)(H4,28,29,30)/t19-,22?,23+/m0/s1. The molecule has 0 bridgehead atoms. The highest BCUT2D eigenvalue weighted by Crippen LogP contribution is 2.21. The van der Waals surface area contributed by atoms with E-state index in [1.54, 1.807) is 12.1 Å². The van der Waals surface area contributed by atoms with E-state index in [9.17, 15) is 19.8 Å². The van der Waals surface area contributed by atoms with Crippen LogP contribution in [0.15, 0.2) is 47.5 Å².